The van der Waals surface area contributed by atoms with E-state index in [9.17, 15) is 19.5 Å². The number of hydrogen-bond acceptors (Lipinski definition) is 5. The number of alkyl carbamates (subject to hydrolysis) is 1. The van der Waals surface area contributed by atoms with Gasteiger partial charge in [0.15, 0.2) is 0 Å². The molecule has 41 heavy (non-hydrogen) atoms. The molecular formula is C33H37N3O5. The fourth-order valence-corrected chi connectivity index (χ4v) is 6.09. The average Bonchev–Trinajstić information content (AvgIpc) is 3.30. The van der Waals surface area contributed by atoms with E-state index in [0.717, 1.165) is 34.2 Å². The first-order valence-corrected chi connectivity index (χ1v) is 14.3. The Hall–Kier alpha value is -4.17. The Morgan fingerprint density at radius 2 is 1.56 bits per heavy atom. The average molecular weight is 556 g/mol. The summed E-state index contributed by atoms with van der Waals surface area (Å²) in [6, 6.07) is 25.1. The number of carbonyl (C=O) groups excluding carboxylic acids is 2. The monoisotopic (exact) mass is 555 g/mol. The summed E-state index contributed by atoms with van der Waals surface area (Å²) >= 11 is 0. The number of aliphatic carboxylic acids is 1. The zero-order valence-electron chi connectivity index (χ0n) is 23.3. The van der Waals surface area contributed by atoms with Gasteiger partial charge >= 0.3 is 12.1 Å². The molecule has 8 nitrogen and oxygen atoms in total. The molecule has 0 aliphatic heterocycles. The Bertz CT molecular complexity index is 1330. The molecule has 0 heterocycles. The van der Waals surface area contributed by atoms with Gasteiger partial charge in [-0.1, -0.05) is 85.3 Å². The summed E-state index contributed by atoms with van der Waals surface area (Å²) in [6.07, 6.45) is 1.79. The van der Waals surface area contributed by atoms with Crippen molar-refractivity contribution < 1.29 is 24.2 Å². The number of amides is 2. The predicted molar refractivity (Wildman–Crippen MR) is 156 cm³/mol. The molecule has 1 unspecified atom stereocenters. The van der Waals surface area contributed by atoms with E-state index in [1.54, 1.807) is 0 Å². The third-order valence-electron chi connectivity index (χ3n) is 8.11. The summed E-state index contributed by atoms with van der Waals surface area (Å²) < 4.78 is 5.73. The minimum absolute atomic E-state index is 0.0867. The number of carboxylic acids is 1. The molecule has 1 fully saturated rings. The second-order valence-corrected chi connectivity index (χ2v) is 11.1. The molecule has 2 aliphatic carbocycles. The van der Waals surface area contributed by atoms with Crippen LogP contribution < -0.4 is 10.6 Å². The molecular weight excluding hydrogens is 518 g/mol. The number of fused-ring (bicyclic) bond motifs is 3. The molecule has 3 N–H and O–H groups in total. The number of carbonyl (C=O) groups is 3. The van der Waals surface area contributed by atoms with E-state index in [4.69, 9.17) is 4.74 Å². The van der Waals surface area contributed by atoms with Crippen LogP contribution >= 0.6 is 0 Å². The van der Waals surface area contributed by atoms with Gasteiger partial charge in [-0.3, -0.25) is 14.5 Å². The first kappa shape index (κ1) is 28.4. The normalized spacial score (nSPS) is 18.7. The molecule has 1 saturated carbocycles. The summed E-state index contributed by atoms with van der Waals surface area (Å²) in [7, 11) is 1.90. The van der Waals surface area contributed by atoms with Crippen molar-refractivity contribution in [2.75, 3.05) is 20.2 Å². The van der Waals surface area contributed by atoms with Crippen molar-refractivity contribution in [3.8, 4) is 11.1 Å². The summed E-state index contributed by atoms with van der Waals surface area (Å²) in [6.45, 7) is 1.01. The van der Waals surface area contributed by atoms with E-state index in [1.807, 2.05) is 66.5 Å². The van der Waals surface area contributed by atoms with Gasteiger partial charge in [0.05, 0.1) is 5.92 Å². The zero-order chi connectivity index (χ0) is 28.8. The maximum absolute atomic E-state index is 13.4. The van der Waals surface area contributed by atoms with Crippen LogP contribution in [0.15, 0.2) is 78.9 Å². The number of nitrogens with zero attached hydrogens (tertiary/aromatic N) is 1. The Balaban J connectivity index is 1.25. The minimum atomic E-state index is -0.871. The van der Waals surface area contributed by atoms with Crippen LogP contribution in [-0.2, 0) is 20.9 Å². The highest BCUT2D eigenvalue weighted by molar-refractivity contribution is 5.86. The zero-order valence-corrected chi connectivity index (χ0v) is 23.3. The number of carboxylic acid groups (broad SMARTS) is 1. The van der Waals surface area contributed by atoms with Crippen molar-refractivity contribution in [1.29, 1.82) is 0 Å². The van der Waals surface area contributed by atoms with Gasteiger partial charge in [0.1, 0.15) is 12.6 Å². The molecule has 3 aromatic carbocycles. The Morgan fingerprint density at radius 3 is 2.22 bits per heavy atom. The van der Waals surface area contributed by atoms with Crippen molar-refractivity contribution in [2.45, 2.75) is 50.2 Å². The van der Waals surface area contributed by atoms with Gasteiger partial charge in [0.25, 0.3) is 0 Å². The van der Waals surface area contributed by atoms with Gasteiger partial charge in [0, 0.05) is 25.0 Å². The number of ether oxygens (including phenoxy) is 1. The summed E-state index contributed by atoms with van der Waals surface area (Å²) in [5.41, 5.74) is 5.60. The van der Waals surface area contributed by atoms with E-state index in [0.29, 0.717) is 25.8 Å². The van der Waals surface area contributed by atoms with Crippen molar-refractivity contribution in [1.82, 2.24) is 15.5 Å². The lowest BCUT2D eigenvalue weighted by molar-refractivity contribution is -0.143. The van der Waals surface area contributed by atoms with E-state index < -0.39 is 24.0 Å². The van der Waals surface area contributed by atoms with E-state index in [1.165, 1.54) is 0 Å². The molecule has 0 spiro atoms. The Labute approximate surface area is 240 Å². The quantitative estimate of drug-likeness (QED) is 0.332. The van der Waals surface area contributed by atoms with Crippen LogP contribution in [0.4, 0.5) is 4.79 Å². The van der Waals surface area contributed by atoms with Crippen LogP contribution in [0, 0.1) is 5.92 Å². The van der Waals surface area contributed by atoms with Crippen molar-refractivity contribution >= 4 is 18.0 Å². The van der Waals surface area contributed by atoms with Gasteiger partial charge in [-0.2, -0.15) is 0 Å². The largest absolute Gasteiger partial charge is 0.481 e. The van der Waals surface area contributed by atoms with Crippen LogP contribution in [0.2, 0.25) is 0 Å². The van der Waals surface area contributed by atoms with E-state index in [2.05, 4.69) is 34.9 Å². The number of nitrogens with one attached hydrogen (secondary N) is 2. The van der Waals surface area contributed by atoms with Gasteiger partial charge in [-0.15, -0.1) is 0 Å². The molecule has 3 atom stereocenters. The van der Waals surface area contributed by atoms with Gasteiger partial charge in [-0.05, 0) is 54.1 Å². The number of rotatable bonds is 10. The van der Waals surface area contributed by atoms with Crippen LogP contribution in [0.3, 0.4) is 0 Å². The van der Waals surface area contributed by atoms with Crippen LogP contribution in [-0.4, -0.2) is 60.3 Å². The van der Waals surface area contributed by atoms with E-state index in [-0.39, 0.29) is 31.0 Å². The first-order chi connectivity index (χ1) is 19.9. The molecule has 0 bridgehead atoms. The molecule has 2 amide bonds. The Kier molecular flexibility index (Phi) is 8.99. The molecule has 2 aliphatic rings. The highest BCUT2D eigenvalue weighted by atomic mass is 16.5. The summed E-state index contributed by atoms with van der Waals surface area (Å²) in [4.78, 5) is 40.0. The molecule has 0 radical (unpaired) electrons. The third-order valence-corrected chi connectivity index (χ3v) is 8.11. The minimum Gasteiger partial charge on any atom is -0.481 e. The fourth-order valence-electron chi connectivity index (χ4n) is 6.09. The van der Waals surface area contributed by atoms with Crippen molar-refractivity contribution in [3.05, 3.63) is 95.6 Å². The molecule has 0 saturated heterocycles. The Morgan fingerprint density at radius 1 is 0.927 bits per heavy atom. The maximum Gasteiger partial charge on any atom is 0.407 e. The van der Waals surface area contributed by atoms with Gasteiger partial charge in [0.2, 0.25) is 5.91 Å². The van der Waals surface area contributed by atoms with Crippen LogP contribution in [0.1, 0.15) is 48.3 Å². The fraction of sp³-hybridized carbons (Fsp3) is 0.364. The summed E-state index contributed by atoms with van der Waals surface area (Å²) in [5, 5.41) is 15.3. The molecule has 214 valence electrons. The molecule has 0 aromatic heterocycles. The predicted octanol–water partition coefficient (Wildman–Crippen LogP) is 4.79. The molecule has 5 rings (SSSR count). The third kappa shape index (κ3) is 6.95. The van der Waals surface area contributed by atoms with Gasteiger partial charge in [-0.25, -0.2) is 4.79 Å². The van der Waals surface area contributed by atoms with E-state index >= 15 is 0 Å². The number of hydrogen-bond donors (Lipinski definition) is 3. The highest BCUT2D eigenvalue weighted by Crippen LogP contribution is 2.44. The SMILES string of the molecule is CN(Cc1ccccc1)CC(NC(=O)OCC1c2ccccc2-c2ccccc21)C(=O)N[C@@H]1CCC[C@H](C(=O)O)C1. The molecule has 8 heteroatoms. The van der Waals surface area contributed by atoms with Crippen LogP contribution in [0.25, 0.3) is 11.1 Å². The second-order valence-electron chi connectivity index (χ2n) is 11.1. The lowest BCUT2D eigenvalue weighted by Gasteiger charge is -2.30. The lowest BCUT2D eigenvalue weighted by Crippen LogP contribution is -2.54. The first-order valence-electron chi connectivity index (χ1n) is 14.3. The smallest absolute Gasteiger partial charge is 0.407 e. The second kappa shape index (κ2) is 13.0. The van der Waals surface area contributed by atoms with Crippen LogP contribution in [0.5, 0.6) is 0 Å². The number of benzene rings is 3. The molecule has 3 aromatic rings. The topological polar surface area (TPSA) is 108 Å². The van der Waals surface area contributed by atoms with Crippen molar-refractivity contribution in [3.63, 3.8) is 0 Å². The lowest BCUT2D eigenvalue weighted by atomic mass is 9.85. The highest BCUT2D eigenvalue weighted by Gasteiger charge is 2.32. The number of likely N-dealkylation sites (N-methyl/N-ethyl adjacent to an activating group) is 1. The maximum atomic E-state index is 13.4. The standard InChI is InChI=1S/C33H37N3O5/c1-36(19-22-10-3-2-4-11-22)20-30(31(37)34-24-13-9-12-23(18-24)32(38)39)35-33(40)41-21-29-27-16-7-5-14-25(27)26-15-6-8-17-28(26)29/h2-8,10-11,14-17,23-24,29-30H,9,12-13,18-21H2,1H3,(H,34,37)(H,35,40)(H,38,39)/t23-,24+,30?/m0/s1. The summed E-state index contributed by atoms with van der Waals surface area (Å²) in [5.74, 6) is -1.73. The van der Waals surface area contributed by atoms with Gasteiger partial charge < -0.3 is 20.5 Å². The van der Waals surface area contributed by atoms with Crippen molar-refractivity contribution in [2.24, 2.45) is 5.92 Å².